The molecule has 1 N–H and O–H groups in total. The van der Waals surface area contributed by atoms with Gasteiger partial charge in [0.2, 0.25) is 0 Å². The van der Waals surface area contributed by atoms with Crippen molar-refractivity contribution in [2.75, 3.05) is 0 Å². The van der Waals surface area contributed by atoms with Gasteiger partial charge in [-0.2, -0.15) is 0 Å². The van der Waals surface area contributed by atoms with Crippen LogP contribution in [0.15, 0.2) is 34.7 Å². The lowest BCUT2D eigenvalue weighted by molar-refractivity contribution is -0.384. The largest absolute Gasteiger partial charge is 0.451 e. The molecule has 3 rings (SSSR count). The molecule has 1 aliphatic carbocycles. The van der Waals surface area contributed by atoms with E-state index in [4.69, 9.17) is 16.0 Å². The van der Waals surface area contributed by atoms with Gasteiger partial charge in [-0.1, -0.05) is 11.6 Å². The third-order valence-corrected chi connectivity index (χ3v) is 4.26. The standard InChI is InChI=1S/C16H15ClN2O4/c1-9(10-2-3-10)18-16(20)15-7-6-14(23-15)12-5-4-11(19(21)22)8-13(12)17/h4-10H,2-3H2,1H3,(H,18,20)/t9-/m0/s1. The first-order chi connectivity index (χ1) is 11.0. The van der Waals surface area contributed by atoms with Gasteiger partial charge in [0.05, 0.1) is 9.95 Å². The predicted octanol–water partition coefficient (Wildman–Crippen LogP) is 4.04. The van der Waals surface area contributed by atoms with Crippen molar-refractivity contribution in [2.45, 2.75) is 25.8 Å². The predicted molar refractivity (Wildman–Crippen MR) is 85.5 cm³/mol. The van der Waals surface area contributed by atoms with Crippen molar-refractivity contribution in [1.29, 1.82) is 0 Å². The van der Waals surface area contributed by atoms with Crippen molar-refractivity contribution in [3.05, 3.63) is 51.2 Å². The van der Waals surface area contributed by atoms with Crippen LogP contribution in [-0.2, 0) is 0 Å². The number of furan rings is 1. The first-order valence-electron chi connectivity index (χ1n) is 7.30. The van der Waals surface area contributed by atoms with Crippen LogP contribution in [0, 0.1) is 16.0 Å². The van der Waals surface area contributed by atoms with Crippen LogP contribution in [0.4, 0.5) is 5.69 Å². The maximum atomic E-state index is 12.1. The van der Waals surface area contributed by atoms with E-state index in [2.05, 4.69) is 5.32 Å². The topological polar surface area (TPSA) is 85.4 Å². The van der Waals surface area contributed by atoms with Crippen LogP contribution in [0.5, 0.6) is 0 Å². The van der Waals surface area contributed by atoms with Gasteiger partial charge in [-0.05, 0) is 43.9 Å². The average Bonchev–Trinajstić information content (AvgIpc) is 3.25. The summed E-state index contributed by atoms with van der Waals surface area (Å²) in [6.45, 7) is 1.98. The highest BCUT2D eigenvalue weighted by atomic mass is 35.5. The number of halogens is 1. The Hall–Kier alpha value is -2.34. The molecule has 6 nitrogen and oxygen atoms in total. The Bertz CT molecular complexity index is 767. The van der Waals surface area contributed by atoms with Crippen molar-refractivity contribution in [3.63, 3.8) is 0 Å². The molecule has 7 heteroatoms. The van der Waals surface area contributed by atoms with E-state index in [0.29, 0.717) is 17.2 Å². The summed E-state index contributed by atoms with van der Waals surface area (Å²) < 4.78 is 5.55. The molecule has 0 saturated heterocycles. The van der Waals surface area contributed by atoms with Crippen LogP contribution in [0.25, 0.3) is 11.3 Å². The first kappa shape index (κ1) is 15.6. The summed E-state index contributed by atoms with van der Waals surface area (Å²) >= 11 is 6.07. The Morgan fingerprint density at radius 3 is 2.74 bits per heavy atom. The van der Waals surface area contributed by atoms with Crippen LogP contribution in [-0.4, -0.2) is 16.9 Å². The number of nitrogens with zero attached hydrogens (tertiary/aromatic N) is 1. The highest BCUT2D eigenvalue weighted by molar-refractivity contribution is 6.33. The maximum Gasteiger partial charge on any atom is 0.287 e. The molecule has 2 aromatic rings. The molecule has 0 bridgehead atoms. The van der Waals surface area contributed by atoms with E-state index in [0.717, 1.165) is 12.8 Å². The first-order valence-corrected chi connectivity index (χ1v) is 7.68. The number of carbonyl (C=O) groups excluding carboxylic acids is 1. The van der Waals surface area contributed by atoms with E-state index in [1.165, 1.54) is 18.2 Å². The molecule has 0 radical (unpaired) electrons. The molecule has 1 atom stereocenters. The molecule has 1 aromatic heterocycles. The molecular formula is C16H15ClN2O4. The SMILES string of the molecule is C[C@H](NC(=O)c1ccc(-c2ccc([N+](=O)[O-])cc2Cl)o1)C1CC1. The van der Waals surface area contributed by atoms with Gasteiger partial charge in [0, 0.05) is 23.7 Å². The number of hydrogen-bond acceptors (Lipinski definition) is 4. The molecule has 1 aliphatic rings. The molecule has 0 unspecified atom stereocenters. The van der Waals surface area contributed by atoms with Crippen LogP contribution in [0.3, 0.4) is 0 Å². The van der Waals surface area contributed by atoms with E-state index >= 15 is 0 Å². The molecule has 1 fully saturated rings. The van der Waals surface area contributed by atoms with E-state index in [-0.39, 0.29) is 28.4 Å². The summed E-state index contributed by atoms with van der Waals surface area (Å²) in [6.07, 6.45) is 2.28. The summed E-state index contributed by atoms with van der Waals surface area (Å²) in [7, 11) is 0. The fourth-order valence-corrected chi connectivity index (χ4v) is 2.68. The second-order valence-corrected chi connectivity index (χ2v) is 6.09. The third-order valence-electron chi connectivity index (χ3n) is 3.95. The van der Waals surface area contributed by atoms with Crippen molar-refractivity contribution in [1.82, 2.24) is 5.32 Å². The number of benzene rings is 1. The summed E-state index contributed by atoms with van der Waals surface area (Å²) in [5.41, 5.74) is 0.410. The summed E-state index contributed by atoms with van der Waals surface area (Å²) in [5, 5.41) is 13.8. The van der Waals surface area contributed by atoms with E-state index < -0.39 is 4.92 Å². The summed E-state index contributed by atoms with van der Waals surface area (Å²) in [6, 6.07) is 7.44. The van der Waals surface area contributed by atoms with E-state index in [1.807, 2.05) is 6.92 Å². The van der Waals surface area contributed by atoms with Gasteiger partial charge in [0.15, 0.2) is 5.76 Å². The molecule has 1 amide bonds. The van der Waals surface area contributed by atoms with Crippen molar-refractivity contribution in [3.8, 4) is 11.3 Å². The molecule has 1 aromatic carbocycles. The van der Waals surface area contributed by atoms with Gasteiger partial charge in [0.1, 0.15) is 5.76 Å². The second kappa shape index (κ2) is 6.04. The molecule has 23 heavy (non-hydrogen) atoms. The highest BCUT2D eigenvalue weighted by Crippen LogP contribution is 2.33. The number of hydrogen-bond donors (Lipinski definition) is 1. The molecular weight excluding hydrogens is 320 g/mol. The zero-order valence-electron chi connectivity index (χ0n) is 12.4. The fourth-order valence-electron chi connectivity index (χ4n) is 2.41. The van der Waals surface area contributed by atoms with Gasteiger partial charge in [-0.25, -0.2) is 0 Å². The Kier molecular flexibility index (Phi) is 4.09. The number of nitro groups is 1. The van der Waals surface area contributed by atoms with Crippen molar-refractivity contribution >= 4 is 23.2 Å². The number of carbonyl (C=O) groups is 1. The minimum Gasteiger partial charge on any atom is -0.451 e. The highest BCUT2D eigenvalue weighted by Gasteiger charge is 2.29. The number of rotatable bonds is 5. The molecule has 120 valence electrons. The Morgan fingerprint density at radius 2 is 2.13 bits per heavy atom. The van der Waals surface area contributed by atoms with Gasteiger partial charge < -0.3 is 9.73 Å². The minimum absolute atomic E-state index is 0.0958. The van der Waals surface area contributed by atoms with Gasteiger partial charge in [-0.3, -0.25) is 14.9 Å². The smallest absolute Gasteiger partial charge is 0.287 e. The average molecular weight is 335 g/mol. The van der Waals surface area contributed by atoms with Crippen LogP contribution in [0.2, 0.25) is 5.02 Å². The number of amides is 1. The zero-order valence-corrected chi connectivity index (χ0v) is 13.2. The van der Waals surface area contributed by atoms with Crippen molar-refractivity contribution in [2.24, 2.45) is 5.92 Å². The molecule has 1 saturated carbocycles. The summed E-state index contributed by atoms with van der Waals surface area (Å²) in [4.78, 5) is 22.3. The lowest BCUT2D eigenvalue weighted by Crippen LogP contribution is -2.33. The van der Waals surface area contributed by atoms with Gasteiger partial charge in [0.25, 0.3) is 11.6 Å². The molecule has 1 heterocycles. The fraction of sp³-hybridized carbons (Fsp3) is 0.312. The zero-order chi connectivity index (χ0) is 16.6. The number of nitro benzene ring substituents is 1. The van der Waals surface area contributed by atoms with Gasteiger partial charge in [-0.15, -0.1) is 0 Å². The Labute approximate surface area is 137 Å². The lowest BCUT2D eigenvalue weighted by atomic mass is 10.1. The quantitative estimate of drug-likeness (QED) is 0.660. The monoisotopic (exact) mass is 334 g/mol. The van der Waals surface area contributed by atoms with Crippen molar-refractivity contribution < 1.29 is 14.1 Å². The second-order valence-electron chi connectivity index (χ2n) is 5.68. The van der Waals surface area contributed by atoms with E-state index in [9.17, 15) is 14.9 Å². The van der Waals surface area contributed by atoms with E-state index in [1.54, 1.807) is 12.1 Å². The van der Waals surface area contributed by atoms with Crippen LogP contribution in [0.1, 0.15) is 30.3 Å². The third kappa shape index (κ3) is 3.37. The van der Waals surface area contributed by atoms with Gasteiger partial charge >= 0.3 is 0 Å². The van der Waals surface area contributed by atoms with Crippen LogP contribution < -0.4 is 5.32 Å². The normalized spacial score (nSPS) is 15.2. The molecule has 0 spiro atoms. The lowest BCUT2D eigenvalue weighted by Gasteiger charge is -2.11. The Balaban J connectivity index is 1.78. The number of nitrogens with one attached hydrogen (secondary N) is 1. The number of non-ortho nitro benzene ring substituents is 1. The Morgan fingerprint density at radius 1 is 1.39 bits per heavy atom. The van der Waals surface area contributed by atoms with Crippen LogP contribution >= 0.6 is 11.6 Å². The maximum absolute atomic E-state index is 12.1. The minimum atomic E-state index is -0.518. The summed E-state index contributed by atoms with van der Waals surface area (Å²) in [5.74, 6) is 0.877. The molecule has 0 aliphatic heterocycles.